The summed E-state index contributed by atoms with van der Waals surface area (Å²) in [6.45, 7) is 4.20. The average molecular weight is 295 g/mol. The molecule has 106 valence electrons. The number of aromatic nitrogens is 2. The summed E-state index contributed by atoms with van der Waals surface area (Å²) in [7, 11) is 0. The third kappa shape index (κ3) is 2.75. The van der Waals surface area contributed by atoms with Crippen molar-refractivity contribution in [1.29, 1.82) is 0 Å². The Morgan fingerprint density at radius 3 is 2.65 bits per heavy atom. The number of halogens is 2. The van der Waals surface area contributed by atoms with E-state index in [0.29, 0.717) is 35.5 Å². The summed E-state index contributed by atoms with van der Waals surface area (Å²) in [5.74, 6) is -0.360. The molecule has 0 radical (unpaired) electrons. The molecule has 0 spiro atoms. The van der Waals surface area contributed by atoms with Gasteiger partial charge in [-0.1, -0.05) is 31.5 Å². The van der Waals surface area contributed by atoms with Gasteiger partial charge in [-0.25, -0.2) is 4.39 Å². The van der Waals surface area contributed by atoms with Crippen LogP contribution in [0.4, 0.5) is 4.39 Å². The molecule has 0 amide bonds. The van der Waals surface area contributed by atoms with Crippen LogP contribution in [-0.4, -0.2) is 16.1 Å². The predicted octanol–water partition coefficient (Wildman–Crippen LogP) is 3.66. The van der Waals surface area contributed by atoms with E-state index in [1.54, 1.807) is 16.8 Å². The first-order chi connectivity index (χ1) is 9.60. The molecule has 2 aromatic rings. The van der Waals surface area contributed by atoms with Gasteiger partial charge in [0.1, 0.15) is 5.82 Å². The monoisotopic (exact) mass is 294 g/mol. The summed E-state index contributed by atoms with van der Waals surface area (Å²) < 4.78 is 15.6. The Hall–Kier alpha value is -1.68. The lowest BCUT2D eigenvalue weighted by molar-refractivity contribution is 0.112. The van der Waals surface area contributed by atoms with E-state index in [-0.39, 0.29) is 5.82 Å². The number of nitrogens with zero attached hydrogens (tertiary/aromatic N) is 2. The van der Waals surface area contributed by atoms with E-state index in [1.165, 1.54) is 6.07 Å². The number of aryl methyl sites for hydroxylation is 1. The van der Waals surface area contributed by atoms with Crippen molar-refractivity contribution < 1.29 is 9.18 Å². The van der Waals surface area contributed by atoms with Crippen molar-refractivity contribution >= 4 is 17.9 Å². The second kappa shape index (κ2) is 6.18. The van der Waals surface area contributed by atoms with E-state index in [9.17, 15) is 9.18 Å². The van der Waals surface area contributed by atoms with Crippen molar-refractivity contribution in [3.63, 3.8) is 0 Å². The average Bonchev–Trinajstić information content (AvgIpc) is 2.78. The van der Waals surface area contributed by atoms with Crippen LogP contribution in [0.3, 0.4) is 0 Å². The summed E-state index contributed by atoms with van der Waals surface area (Å²) in [6.07, 6.45) is 2.19. The molecule has 3 nitrogen and oxygen atoms in total. The van der Waals surface area contributed by atoms with Crippen LogP contribution in [0.15, 0.2) is 18.2 Å². The van der Waals surface area contributed by atoms with Crippen molar-refractivity contribution in [2.24, 2.45) is 0 Å². The van der Waals surface area contributed by atoms with E-state index in [4.69, 9.17) is 11.6 Å². The Balaban J connectivity index is 2.42. The molecule has 0 saturated carbocycles. The van der Waals surface area contributed by atoms with Gasteiger partial charge < -0.3 is 0 Å². The Morgan fingerprint density at radius 2 is 2.10 bits per heavy atom. The van der Waals surface area contributed by atoms with Gasteiger partial charge in [0.2, 0.25) is 0 Å². The van der Waals surface area contributed by atoms with Crippen LogP contribution in [0.5, 0.6) is 0 Å². The standard InChI is InChI=1S/C15H16ClFN2O/c1-3-14-12(9-20)15(4-2)19(18-14)8-10-5-6-11(16)7-13(10)17/h5-7,9H,3-4,8H2,1-2H3. The molecule has 1 aromatic heterocycles. The van der Waals surface area contributed by atoms with Gasteiger partial charge in [-0.15, -0.1) is 0 Å². The van der Waals surface area contributed by atoms with Crippen LogP contribution in [0.1, 0.15) is 41.2 Å². The largest absolute Gasteiger partial charge is 0.298 e. The van der Waals surface area contributed by atoms with Crippen LogP contribution in [0.2, 0.25) is 5.02 Å². The van der Waals surface area contributed by atoms with Crippen molar-refractivity contribution in [2.45, 2.75) is 33.2 Å². The number of carbonyl (C=O) groups is 1. The van der Waals surface area contributed by atoms with Gasteiger partial charge in [-0.05, 0) is 25.0 Å². The van der Waals surface area contributed by atoms with Gasteiger partial charge in [0.05, 0.1) is 17.8 Å². The lowest BCUT2D eigenvalue weighted by atomic mass is 10.1. The van der Waals surface area contributed by atoms with E-state index in [0.717, 1.165) is 17.7 Å². The topological polar surface area (TPSA) is 34.9 Å². The molecular weight excluding hydrogens is 279 g/mol. The Kier molecular flexibility index (Phi) is 4.55. The molecule has 0 N–H and O–H groups in total. The van der Waals surface area contributed by atoms with Crippen molar-refractivity contribution in [3.05, 3.63) is 51.6 Å². The molecule has 0 aliphatic heterocycles. The summed E-state index contributed by atoms with van der Waals surface area (Å²) in [5, 5.41) is 4.78. The van der Waals surface area contributed by atoms with Gasteiger partial charge in [0.15, 0.2) is 6.29 Å². The first-order valence-electron chi connectivity index (χ1n) is 6.58. The highest BCUT2D eigenvalue weighted by molar-refractivity contribution is 6.30. The van der Waals surface area contributed by atoms with E-state index >= 15 is 0 Å². The minimum absolute atomic E-state index is 0.299. The molecule has 1 heterocycles. The van der Waals surface area contributed by atoms with Crippen molar-refractivity contribution in [1.82, 2.24) is 9.78 Å². The quantitative estimate of drug-likeness (QED) is 0.789. The normalized spacial score (nSPS) is 10.8. The minimum atomic E-state index is -0.360. The molecule has 0 fully saturated rings. The number of benzene rings is 1. The van der Waals surface area contributed by atoms with Crippen LogP contribution in [0, 0.1) is 5.82 Å². The van der Waals surface area contributed by atoms with E-state index in [1.807, 2.05) is 13.8 Å². The molecular formula is C15H16ClFN2O. The highest BCUT2D eigenvalue weighted by Crippen LogP contribution is 2.19. The molecule has 0 bridgehead atoms. The van der Waals surface area contributed by atoms with Crippen LogP contribution in [0.25, 0.3) is 0 Å². The van der Waals surface area contributed by atoms with Crippen molar-refractivity contribution in [3.8, 4) is 0 Å². The summed E-state index contributed by atoms with van der Waals surface area (Å²) in [4.78, 5) is 11.2. The minimum Gasteiger partial charge on any atom is -0.298 e. The first-order valence-corrected chi connectivity index (χ1v) is 6.96. The number of aldehydes is 1. The second-order valence-electron chi connectivity index (χ2n) is 4.53. The third-order valence-corrected chi connectivity index (χ3v) is 3.53. The number of carbonyl (C=O) groups excluding carboxylic acids is 1. The number of hydrogen-bond acceptors (Lipinski definition) is 2. The zero-order valence-corrected chi connectivity index (χ0v) is 12.2. The maximum atomic E-state index is 13.8. The van der Waals surface area contributed by atoms with Crippen molar-refractivity contribution in [2.75, 3.05) is 0 Å². The van der Waals surface area contributed by atoms with Gasteiger partial charge in [0.25, 0.3) is 0 Å². The fraction of sp³-hybridized carbons (Fsp3) is 0.333. The Bertz CT molecular complexity index is 637. The molecule has 5 heteroatoms. The fourth-order valence-corrected chi connectivity index (χ4v) is 2.44. The molecule has 0 saturated heterocycles. The molecule has 0 atom stereocenters. The number of hydrogen-bond donors (Lipinski definition) is 0. The molecule has 1 aromatic carbocycles. The maximum absolute atomic E-state index is 13.8. The molecule has 0 aliphatic rings. The molecule has 20 heavy (non-hydrogen) atoms. The predicted molar refractivity (Wildman–Crippen MR) is 76.9 cm³/mol. The Labute approximate surface area is 122 Å². The van der Waals surface area contributed by atoms with Crippen LogP contribution in [-0.2, 0) is 19.4 Å². The maximum Gasteiger partial charge on any atom is 0.153 e. The van der Waals surface area contributed by atoms with Gasteiger partial charge in [-0.3, -0.25) is 9.48 Å². The molecule has 0 aliphatic carbocycles. The highest BCUT2D eigenvalue weighted by Gasteiger charge is 2.16. The zero-order valence-electron chi connectivity index (χ0n) is 11.5. The second-order valence-corrected chi connectivity index (χ2v) is 4.96. The summed E-state index contributed by atoms with van der Waals surface area (Å²) in [5.41, 5.74) is 2.73. The van der Waals surface area contributed by atoms with Gasteiger partial charge in [0, 0.05) is 16.3 Å². The Morgan fingerprint density at radius 1 is 1.35 bits per heavy atom. The first kappa shape index (κ1) is 14.7. The number of rotatable bonds is 5. The van der Waals surface area contributed by atoms with E-state index in [2.05, 4.69) is 5.10 Å². The lowest BCUT2D eigenvalue weighted by Crippen LogP contribution is -2.08. The molecule has 0 unspecified atom stereocenters. The third-order valence-electron chi connectivity index (χ3n) is 3.30. The molecule has 2 rings (SSSR count). The van der Waals surface area contributed by atoms with Crippen LogP contribution < -0.4 is 0 Å². The van der Waals surface area contributed by atoms with Crippen LogP contribution >= 0.6 is 11.6 Å². The zero-order chi connectivity index (χ0) is 14.7. The lowest BCUT2D eigenvalue weighted by Gasteiger charge is -2.08. The van der Waals surface area contributed by atoms with Gasteiger partial charge >= 0.3 is 0 Å². The van der Waals surface area contributed by atoms with E-state index < -0.39 is 0 Å². The summed E-state index contributed by atoms with van der Waals surface area (Å²) >= 11 is 5.74. The SMILES string of the molecule is CCc1nn(Cc2ccc(Cl)cc2F)c(CC)c1C=O. The highest BCUT2D eigenvalue weighted by atomic mass is 35.5. The summed E-state index contributed by atoms with van der Waals surface area (Å²) in [6, 6.07) is 4.58. The smallest absolute Gasteiger partial charge is 0.153 e. The fourth-order valence-electron chi connectivity index (χ4n) is 2.28. The van der Waals surface area contributed by atoms with Gasteiger partial charge in [-0.2, -0.15) is 5.10 Å².